The van der Waals surface area contributed by atoms with Crippen LogP contribution in [0.3, 0.4) is 0 Å². The second kappa shape index (κ2) is 3.51. The molecule has 0 radical (unpaired) electrons. The molecule has 70 valence electrons. The summed E-state index contributed by atoms with van der Waals surface area (Å²) in [5, 5.41) is 9.47. The van der Waals surface area contributed by atoms with Crippen molar-refractivity contribution >= 4 is 5.78 Å². The molecule has 4 heteroatoms. The van der Waals surface area contributed by atoms with Gasteiger partial charge in [-0.1, -0.05) is 13.8 Å². The zero-order chi connectivity index (χ0) is 10.0. The van der Waals surface area contributed by atoms with E-state index in [1.807, 2.05) is 0 Å². The third-order valence-corrected chi connectivity index (χ3v) is 1.76. The number of carbonyl (C=O) groups is 1. The summed E-state index contributed by atoms with van der Waals surface area (Å²) in [5.74, 6) is -0.440. The van der Waals surface area contributed by atoms with Crippen molar-refractivity contribution in [3.05, 3.63) is 17.7 Å². The first kappa shape index (κ1) is 9.64. The minimum absolute atomic E-state index is 0.110. The van der Waals surface area contributed by atoms with Crippen molar-refractivity contribution in [3.63, 3.8) is 0 Å². The summed E-state index contributed by atoms with van der Waals surface area (Å²) in [6, 6.07) is 0. The highest BCUT2D eigenvalue weighted by atomic mass is 16.3. The molecule has 0 bridgehead atoms. The lowest BCUT2D eigenvalue weighted by Gasteiger charge is -2.05. The minimum atomic E-state index is -0.166. The Balaban J connectivity index is 3.15. The van der Waals surface area contributed by atoms with Crippen LogP contribution in [0.25, 0.3) is 0 Å². The highest BCUT2D eigenvalue weighted by Gasteiger charge is 2.17. The van der Waals surface area contributed by atoms with Gasteiger partial charge in [0.25, 0.3) is 0 Å². The first-order valence-electron chi connectivity index (χ1n) is 4.08. The van der Waals surface area contributed by atoms with E-state index in [1.165, 1.54) is 6.33 Å². The molecule has 1 aromatic heterocycles. The lowest BCUT2D eigenvalue weighted by molar-refractivity contribution is 0.0931. The Hall–Kier alpha value is -1.45. The molecule has 0 saturated carbocycles. The lowest BCUT2D eigenvalue weighted by Crippen LogP contribution is -2.10. The number of ketones is 1. The Kier molecular flexibility index (Phi) is 2.60. The Morgan fingerprint density at radius 2 is 2.08 bits per heavy atom. The highest BCUT2D eigenvalue weighted by Crippen LogP contribution is 2.19. The number of hydrogen-bond donors (Lipinski definition) is 1. The van der Waals surface area contributed by atoms with Crippen molar-refractivity contribution in [1.82, 2.24) is 9.97 Å². The van der Waals surface area contributed by atoms with Gasteiger partial charge in [0.15, 0.2) is 17.2 Å². The molecule has 1 aromatic rings. The summed E-state index contributed by atoms with van der Waals surface area (Å²) in [4.78, 5) is 19.0. The van der Waals surface area contributed by atoms with Crippen molar-refractivity contribution in [2.75, 3.05) is 0 Å². The number of Topliss-reactive ketones (excluding diaryl/α,β-unsaturated/α-hetero) is 1. The van der Waals surface area contributed by atoms with Gasteiger partial charge >= 0.3 is 0 Å². The second-order valence-electron chi connectivity index (χ2n) is 3.18. The van der Waals surface area contributed by atoms with Crippen LogP contribution in [0.5, 0.6) is 5.75 Å². The van der Waals surface area contributed by atoms with Crippen LogP contribution in [-0.4, -0.2) is 20.9 Å². The van der Waals surface area contributed by atoms with E-state index >= 15 is 0 Å². The molecule has 0 spiro atoms. The predicted molar refractivity (Wildman–Crippen MR) is 47.6 cm³/mol. The number of aromatic nitrogens is 2. The highest BCUT2D eigenvalue weighted by molar-refractivity contribution is 5.98. The van der Waals surface area contributed by atoms with Crippen LogP contribution in [0.15, 0.2) is 6.33 Å². The van der Waals surface area contributed by atoms with Crippen LogP contribution in [0.1, 0.15) is 30.0 Å². The van der Waals surface area contributed by atoms with Gasteiger partial charge in [-0.15, -0.1) is 0 Å². The van der Waals surface area contributed by atoms with Crippen molar-refractivity contribution < 1.29 is 9.90 Å². The molecule has 0 atom stereocenters. The average Bonchev–Trinajstić information content (AvgIpc) is 2.08. The molecule has 1 heterocycles. The fourth-order valence-electron chi connectivity index (χ4n) is 0.921. The smallest absolute Gasteiger partial charge is 0.187 e. The van der Waals surface area contributed by atoms with Gasteiger partial charge in [0.2, 0.25) is 0 Å². The van der Waals surface area contributed by atoms with Crippen molar-refractivity contribution in [1.29, 1.82) is 0 Å². The predicted octanol–water partition coefficient (Wildman–Crippen LogP) is 1.33. The van der Waals surface area contributed by atoms with Gasteiger partial charge in [0.05, 0.1) is 5.69 Å². The first-order valence-corrected chi connectivity index (χ1v) is 4.08. The standard InChI is InChI=1S/C9H12N2O2/c1-5(2)8(12)7-9(13)6(3)10-4-11-7/h4-5,13H,1-3H3. The van der Waals surface area contributed by atoms with E-state index in [0.29, 0.717) is 5.69 Å². The van der Waals surface area contributed by atoms with Crippen LogP contribution in [0.4, 0.5) is 0 Å². The van der Waals surface area contributed by atoms with Crippen LogP contribution in [0, 0.1) is 12.8 Å². The SMILES string of the molecule is Cc1ncnc(C(=O)C(C)C)c1O. The Labute approximate surface area is 76.7 Å². The number of carbonyl (C=O) groups excluding carboxylic acids is 1. The average molecular weight is 180 g/mol. The van der Waals surface area contributed by atoms with Crippen molar-refractivity contribution in [2.45, 2.75) is 20.8 Å². The summed E-state index contributed by atoms with van der Waals surface area (Å²) >= 11 is 0. The molecule has 1 N–H and O–H groups in total. The van der Waals surface area contributed by atoms with Crippen LogP contribution >= 0.6 is 0 Å². The molecule has 0 fully saturated rings. The second-order valence-corrected chi connectivity index (χ2v) is 3.18. The summed E-state index contributed by atoms with van der Waals surface area (Å²) in [5.41, 5.74) is 0.543. The summed E-state index contributed by atoms with van der Waals surface area (Å²) < 4.78 is 0. The molecule has 0 aliphatic rings. The maximum Gasteiger partial charge on any atom is 0.187 e. The van der Waals surface area contributed by atoms with Gasteiger partial charge in [-0.3, -0.25) is 4.79 Å². The number of nitrogens with zero attached hydrogens (tertiary/aromatic N) is 2. The maximum atomic E-state index is 11.5. The normalized spacial score (nSPS) is 10.5. The summed E-state index contributed by atoms with van der Waals surface area (Å²) in [6.45, 7) is 5.16. The molecule has 1 rings (SSSR count). The van der Waals surface area contributed by atoms with E-state index in [9.17, 15) is 9.90 Å². The molecule has 4 nitrogen and oxygen atoms in total. The largest absolute Gasteiger partial charge is 0.504 e. The van der Waals surface area contributed by atoms with Gasteiger partial charge in [-0.05, 0) is 6.92 Å². The summed E-state index contributed by atoms with van der Waals surface area (Å²) in [7, 11) is 0. The number of aromatic hydroxyl groups is 1. The molecular weight excluding hydrogens is 168 g/mol. The number of hydrogen-bond acceptors (Lipinski definition) is 4. The van der Waals surface area contributed by atoms with E-state index in [4.69, 9.17) is 0 Å². The Morgan fingerprint density at radius 3 is 2.62 bits per heavy atom. The quantitative estimate of drug-likeness (QED) is 0.697. The fraction of sp³-hybridized carbons (Fsp3) is 0.444. The van der Waals surface area contributed by atoms with Crippen molar-refractivity contribution in [2.24, 2.45) is 5.92 Å². The van der Waals surface area contributed by atoms with E-state index in [2.05, 4.69) is 9.97 Å². The molecule has 0 amide bonds. The molecule has 0 aromatic carbocycles. The van der Waals surface area contributed by atoms with Crippen LogP contribution < -0.4 is 0 Å². The van der Waals surface area contributed by atoms with E-state index < -0.39 is 0 Å². The van der Waals surface area contributed by atoms with Gasteiger partial charge in [-0.2, -0.15) is 0 Å². The molecule has 13 heavy (non-hydrogen) atoms. The number of aryl methyl sites for hydroxylation is 1. The van der Waals surface area contributed by atoms with Crippen LogP contribution in [0.2, 0.25) is 0 Å². The van der Waals surface area contributed by atoms with Gasteiger partial charge in [0.1, 0.15) is 6.33 Å². The molecule has 0 unspecified atom stereocenters. The molecule has 0 saturated heterocycles. The third kappa shape index (κ3) is 1.83. The third-order valence-electron chi connectivity index (χ3n) is 1.76. The number of rotatable bonds is 2. The van der Waals surface area contributed by atoms with Gasteiger partial charge in [-0.25, -0.2) is 9.97 Å². The van der Waals surface area contributed by atoms with E-state index in [-0.39, 0.29) is 23.1 Å². The Bertz CT molecular complexity index is 334. The lowest BCUT2D eigenvalue weighted by atomic mass is 10.1. The van der Waals surface area contributed by atoms with E-state index in [0.717, 1.165) is 0 Å². The van der Waals surface area contributed by atoms with Gasteiger partial charge in [0, 0.05) is 5.92 Å². The fourth-order valence-corrected chi connectivity index (χ4v) is 0.921. The molecular formula is C9H12N2O2. The monoisotopic (exact) mass is 180 g/mol. The maximum absolute atomic E-state index is 11.5. The minimum Gasteiger partial charge on any atom is -0.504 e. The molecule has 0 aliphatic carbocycles. The summed E-state index contributed by atoms with van der Waals surface area (Å²) in [6.07, 6.45) is 1.28. The topological polar surface area (TPSA) is 63.1 Å². The zero-order valence-corrected chi connectivity index (χ0v) is 7.90. The van der Waals surface area contributed by atoms with Crippen molar-refractivity contribution in [3.8, 4) is 5.75 Å². The van der Waals surface area contributed by atoms with Gasteiger partial charge < -0.3 is 5.11 Å². The Morgan fingerprint density at radius 1 is 1.46 bits per heavy atom. The first-order chi connectivity index (χ1) is 6.04. The zero-order valence-electron chi connectivity index (χ0n) is 7.90. The van der Waals surface area contributed by atoms with Crippen LogP contribution in [-0.2, 0) is 0 Å². The van der Waals surface area contributed by atoms with E-state index in [1.54, 1.807) is 20.8 Å². The molecule has 0 aliphatic heterocycles.